The van der Waals surface area contributed by atoms with Gasteiger partial charge in [0.2, 0.25) is 0 Å². The van der Waals surface area contributed by atoms with E-state index in [9.17, 15) is 0 Å². The number of rotatable bonds is 8. The summed E-state index contributed by atoms with van der Waals surface area (Å²) in [6, 6.07) is 20.9. The average Bonchev–Trinajstić information content (AvgIpc) is 2.53. The quantitative estimate of drug-likeness (QED) is 0.733. The molecule has 2 nitrogen and oxygen atoms in total. The van der Waals surface area contributed by atoms with Crippen molar-refractivity contribution in [3.63, 3.8) is 0 Å². The zero-order chi connectivity index (χ0) is 14.0. The zero-order valence-corrected chi connectivity index (χ0v) is 12.2. The Bertz CT molecular complexity index is 430. The van der Waals surface area contributed by atoms with Gasteiger partial charge in [0.1, 0.15) is 6.10 Å². The van der Waals surface area contributed by atoms with Crippen LogP contribution in [-0.4, -0.2) is 19.7 Å². The van der Waals surface area contributed by atoms with Crippen LogP contribution in [0.2, 0.25) is 0 Å². The molecule has 0 aliphatic heterocycles. The maximum atomic E-state index is 6.13. The summed E-state index contributed by atoms with van der Waals surface area (Å²) in [4.78, 5) is 0. The number of benzene rings is 2. The van der Waals surface area contributed by atoms with E-state index in [0.717, 1.165) is 13.2 Å². The maximum absolute atomic E-state index is 6.13. The molecule has 2 heteroatoms. The molecule has 2 N–H and O–H groups in total. The molecule has 0 spiro atoms. The minimum absolute atomic E-state index is 0.0347. The van der Waals surface area contributed by atoms with E-state index in [1.807, 2.05) is 12.1 Å². The van der Waals surface area contributed by atoms with E-state index >= 15 is 0 Å². The third-order valence-electron chi connectivity index (χ3n) is 3.30. The summed E-state index contributed by atoms with van der Waals surface area (Å²) in [5.74, 6) is 0. The number of hydrogen-bond acceptors (Lipinski definition) is 1. The highest BCUT2D eigenvalue weighted by Crippen LogP contribution is 2.25. The minimum Gasteiger partial charge on any atom is -0.363 e. The average molecular weight is 270 g/mol. The zero-order valence-electron chi connectivity index (χ0n) is 12.2. The van der Waals surface area contributed by atoms with Gasteiger partial charge in [0.15, 0.2) is 0 Å². The second kappa shape index (κ2) is 8.51. The molecule has 2 aromatic rings. The van der Waals surface area contributed by atoms with Crippen LogP contribution in [0, 0.1) is 0 Å². The lowest BCUT2D eigenvalue weighted by Gasteiger charge is -2.18. The van der Waals surface area contributed by atoms with Gasteiger partial charge >= 0.3 is 0 Å². The molecular formula is C18H24NO+. The van der Waals surface area contributed by atoms with Crippen LogP contribution in [0.15, 0.2) is 60.7 Å². The van der Waals surface area contributed by atoms with Gasteiger partial charge in [-0.15, -0.1) is 0 Å². The minimum atomic E-state index is 0.0347. The molecular weight excluding hydrogens is 246 g/mol. The molecule has 0 amide bonds. The molecule has 20 heavy (non-hydrogen) atoms. The molecule has 0 atom stereocenters. The van der Waals surface area contributed by atoms with Gasteiger partial charge in [0.05, 0.1) is 19.7 Å². The third-order valence-corrected chi connectivity index (χ3v) is 3.30. The second-order valence-corrected chi connectivity index (χ2v) is 4.94. The highest BCUT2D eigenvalue weighted by atomic mass is 16.5. The van der Waals surface area contributed by atoms with Crippen molar-refractivity contribution in [1.82, 2.24) is 0 Å². The summed E-state index contributed by atoms with van der Waals surface area (Å²) in [6.07, 6.45) is 1.24. The normalized spacial score (nSPS) is 10.9. The molecule has 2 aromatic carbocycles. The van der Waals surface area contributed by atoms with Crippen LogP contribution >= 0.6 is 0 Å². The topological polar surface area (TPSA) is 25.8 Å². The van der Waals surface area contributed by atoms with Crippen molar-refractivity contribution in [3.05, 3.63) is 71.8 Å². The van der Waals surface area contributed by atoms with Crippen LogP contribution in [0.1, 0.15) is 30.6 Å². The first-order valence-electron chi connectivity index (χ1n) is 7.45. The predicted octanol–water partition coefficient (Wildman–Crippen LogP) is 2.77. The summed E-state index contributed by atoms with van der Waals surface area (Å²) in [6.45, 7) is 5.16. The van der Waals surface area contributed by atoms with E-state index in [1.54, 1.807) is 0 Å². The fraction of sp³-hybridized carbons (Fsp3) is 0.333. The molecule has 0 radical (unpaired) electrons. The fourth-order valence-corrected chi connectivity index (χ4v) is 2.26. The monoisotopic (exact) mass is 270 g/mol. The molecule has 0 fully saturated rings. The molecule has 0 aromatic heterocycles. The van der Waals surface area contributed by atoms with Crippen LogP contribution in [0.3, 0.4) is 0 Å². The highest BCUT2D eigenvalue weighted by Gasteiger charge is 2.14. The molecule has 0 saturated carbocycles. The molecule has 0 bridgehead atoms. The Morgan fingerprint density at radius 1 is 0.850 bits per heavy atom. The molecule has 0 heterocycles. The molecule has 0 aliphatic rings. The van der Waals surface area contributed by atoms with Crippen molar-refractivity contribution in [1.29, 1.82) is 0 Å². The largest absolute Gasteiger partial charge is 0.363 e. The SMILES string of the molecule is CCC[NH2+]CCOC(c1ccccc1)c1ccccc1. The first-order chi connectivity index (χ1) is 9.92. The highest BCUT2D eigenvalue weighted by molar-refractivity contribution is 5.29. The molecule has 0 saturated heterocycles. The van der Waals surface area contributed by atoms with Gasteiger partial charge in [0.25, 0.3) is 0 Å². The van der Waals surface area contributed by atoms with Gasteiger partial charge in [-0.1, -0.05) is 67.6 Å². The van der Waals surface area contributed by atoms with E-state index in [-0.39, 0.29) is 6.10 Å². The number of nitrogens with two attached hydrogens (primary N) is 1. The lowest BCUT2D eigenvalue weighted by Crippen LogP contribution is -2.85. The first-order valence-corrected chi connectivity index (χ1v) is 7.45. The van der Waals surface area contributed by atoms with Gasteiger partial charge in [-0.05, 0) is 17.5 Å². The Kier molecular flexibility index (Phi) is 6.28. The molecule has 0 unspecified atom stereocenters. The van der Waals surface area contributed by atoms with Gasteiger partial charge in [-0.3, -0.25) is 0 Å². The lowest BCUT2D eigenvalue weighted by atomic mass is 10.0. The summed E-state index contributed by atoms with van der Waals surface area (Å²) in [7, 11) is 0. The summed E-state index contributed by atoms with van der Waals surface area (Å²) in [5.41, 5.74) is 2.43. The van der Waals surface area contributed by atoms with Gasteiger partial charge in [-0.25, -0.2) is 0 Å². The summed E-state index contributed by atoms with van der Waals surface area (Å²) in [5, 5.41) is 2.31. The smallest absolute Gasteiger partial charge is 0.108 e. The van der Waals surface area contributed by atoms with E-state index < -0.39 is 0 Å². The maximum Gasteiger partial charge on any atom is 0.108 e. The Morgan fingerprint density at radius 2 is 1.40 bits per heavy atom. The van der Waals surface area contributed by atoms with Crippen LogP contribution < -0.4 is 5.32 Å². The van der Waals surface area contributed by atoms with Crippen molar-refractivity contribution < 1.29 is 10.1 Å². The van der Waals surface area contributed by atoms with E-state index in [0.29, 0.717) is 0 Å². The Balaban J connectivity index is 2.02. The number of quaternary nitrogens is 1. The van der Waals surface area contributed by atoms with E-state index in [4.69, 9.17) is 4.74 Å². The third kappa shape index (κ3) is 4.48. The predicted molar refractivity (Wildman–Crippen MR) is 82.6 cm³/mol. The first kappa shape index (κ1) is 14.8. The Hall–Kier alpha value is -1.64. The lowest BCUT2D eigenvalue weighted by molar-refractivity contribution is -0.656. The van der Waals surface area contributed by atoms with Crippen LogP contribution in [-0.2, 0) is 4.74 Å². The van der Waals surface area contributed by atoms with Crippen molar-refractivity contribution >= 4 is 0 Å². The van der Waals surface area contributed by atoms with Crippen molar-refractivity contribution in [2.24, 2.45) is 0 Å². The van der Waals surface area contributed by atoms with Crippen molar-refractivity contribution in [2.45, 2.75) is 19.4 Å². The van der Waals surface area contributed by atoms with E-state index in [2.05, 4.69) is 60.8 Å². The van der Waals surface area contributed by atoms with Gasteiger partial charge in [0, 0.05) is 0 Å². The van der Waals surface area contributed by atoms with Crippen LogP contribution in [0.4, 0.5) is 0 Å². The standard InChI is InChI=1S/C18H23NO/c1-2-13-19-14-15-20-18(16-9-5-3-6-10-16)17-11-7-4-8-12-17/h3-12,18-19H,2,13-15H2,1H3/p+1. The van der Waals surface area contributed by atoms with Crippen molar-refractivity contribution in [2.75, 3.05) is 19.7 Å². The second-order valence-electron chi connectivity index (χ2n) is 4.94. The molecule has 2 rings (SSSR count). The fourth-order valence-electron chi connectivity index (χ4n) is 2.26. The summed E-state index contributed by atoms with van der Waals surface area (Å²) < 4.78 is 6.13. The Labute approximate surface area is 121 Å². The van der Waals surface area contributed by atoms with Crippen LogP contribution in [0.25, 0.3) is 0 Å². The van der Waals surface area contributed by atoms with Gasteiger partial charge in [-0.2, -0.15) is 0 Å². The van der Waals surface area contributed by atoms with Crippen molar-refractivity contribution in [3.8, 4) is 0 Å². The molecule has 0 aliphatic carbocycles. The number of hydrogen-bond donors (Lipinski definition) is 1. The molecule has 106 valence electrons. The van der Waals surface area contributed by atoms with Crippen LogP contribution in [0.5, 0.6) is 0 Å². The summed E-state index contributed by atoms with van der Waals surface area (Å²) >= 11 is 0. The number of ether oxygens (including phenoxy) is 1. The van der Waals surface area contributed by atoms with E-state index in [1.165, 1.54) is 24.1 Å². The van der Waals surface area contributed by atoms with Gasteiger partial charge < -0.3 is 10.1 Å². The Morgan fingerprint density at radius 3 is 1.90 bits per heavy atom.